The van der Waals surface area contributed by atoms with Crippen LogP contribution in [-0.2, 0) is 23.6 Å². The van der Waals surface area contributed by atoms with Gasteiger partial charge in [-0.25, -0.2) is 4.79 Å². The van der Waals surface area contributed by atoms with E-state index in [2.05, 4.69) is 0 Å². The Bertz CT molecular complexity index is 854. The second kappa shape index (κ2) is 9.57. The van der Waals surface area contributed by atoms with Gasteiger partial charge < -0.3 is 23.5 Å². The zero-order valence-electron chi connectivity index (χ0n) is 21.1. The first kappa shape index (κ1) is 26.4. The van der Waals surface area contributed by atoms with Gasteiger partial charge in [-0.3, -0.25) is 9.36 Å². The number of ether oxygens (including phenoxy) is 3. The molecule has 180 valence electrons. The SMILES string of the molecule is COc1cn(C(CCOC(C)C)C(=O)OC(C)(C)C)c(=O)cc1B1OC(C)(C)C(C)(C)O1. The molecular weight excluding hydrogens is 413 g/mol. The maximum absolute atomic E-state index is 13.1. The van der Waals surface area contributed by atoms with Gasteiger partial charge >= 0.3 is 13.1 Å². The number of hydrogen-bond donors (Lipinski definition) is 0. The molecule has 0 aromatic carbocycles. The fourth-order valence-corrected chi connectivity index (χ4v) is 3.27. The van der Waals surface area contributed by atoms with E-state index in [0.29, 0.717) is 17.8 Å². The Balaban J connectivity index is 2.44. The molecule has 1 aromatic heterocycles. The van der Waals surface area contributed by atoms with Crippen LogP contribution in [0.3, 0.4) is 0 Å². The van der Waals surface area contributed by atoms with Gasteiger partial charge in [0.15, 0.2) is 0 Å². The van der Waals surface area contributed by atoms with Gasteiger partial charge in [-0.05, 0) is 62.3 Å². The van der Waals surface area contributed by atoms with Crippen molar-refractivity contribution < 1.29 is 28.3 Å². The van der Waals surface area contributed by atoms with E-state index < -0.39 is 35.9 Å². The molecule has 0 bridgehead atoms. The molecule has 0 amide bonds. The molecule has 1 unspecified atom stereocenters. The number of hydrogen-bond acceptors (Lipinski definition) is 7. The van der Waals surface area contributed by atoms with E-state index in [1.165, 1.54) is 23.9 Å². The molecule has 9 heteroatoms. The third kappa shape index (κ3) is 6.14. The number of carbonyl (C=O) groups excluding carboxylic acids is 1. The zero-order chi connectivity index (χ0) is 24.5. The van der Waals surface area contributed by atoms with Gasteiger partial charge in [0, 0.05) is 30.8 Å². The minimum Gasteiger partial charge on any atom is -0.496 e. The summed E-state index contributed by atoms with van der Waals surface area (Å²) in [6, 6.07) is 0.545. The average molecular weight is 451 g/mol. The van der Waals surface area contributed by atoms with Crippen molar-refractivity contribution in [3.05, 3.63) is 22.6 Å². The van der Waals surface area contributed by atoms with Crippen LogP contribution in [0.1, 0.15) is 74.8 Å². The predicted octanol–water partition coefficient (Wildman–Crippen LogP) is 2.85. The second-order valence-electron chi connectivity index (χ2n) is 10.4. The van der Waals surface area contributed by atoms with E-state index in [0.717, 1.165) is 0 Å². The van der Waals surface area contributed by atoms with Crippen molar-refractivity contribution in [2.24, 2.45) is 0 Å². The van der Waals surface area contributed by atoms with Crippen LogP contribution in [0.5, 0.6) is 5.75 Å². The molecule has 0 radical (unpaired) electrons. The summed E-state index contributed by atoms with van der Waals surface area (Å²) in [5.41, 5.74) is -1.72. The average Bonchev–Trinajstić information content (AvgIpc) is 2.84. The minimum absolute atomic E-state index is 0.00583. The Morgan fingerprint density at radius 1 is 1.16 bits per heavy atom. The highest BCUT2D eigenvalue weighted by atomic mass is 16.7. The van der Waals surface area contributed by atoms with Crippen molar-refractivity contribution in [3.8, 4) is 5.75 Å². The quantitative estimate of drug-likeness (QED) is 0.444. The number of methoxy groups -OCH3 is 1. The van der Waals surface area contributed by atoms with Gasteiger partial charge in [0.05, 0.1) is 24.4 Å². The maximum atomic E-state index is 13.1. The molecule has 1 aromatic rings. The minimum atomic E-state index is -0.860. The van der Waals surface area contributed by atoms with Crippen LogP contribution >= 0.6 is 0 Å². The van der Waals surface area contributed by atoms with Crippen LogP contribution < -0.4 is 15.8 Å². The molecule has 0 N–H and O–H groups in total. The standard InChI is InChI=1S/C23H38BNO7/c1-15(2)29-12-11-17(20(27)30-21(3,4)5)25-14-18(28-10)16(13-19(25)26)24-31-22(6,7)23(8,9)32-24/h13-15,17H,11-12H2,1-10H3. The van der Waals surface area contributed by atoms with Crippen molar-refractivity contribution >= 4 is 18.6 Å². The predicted molar refractivity (Wildman–Crippen MR) is 124 cm³/mol. The van der Waals surface area contributed by atoms with Gasteiger partial charge in [-0.1, -0.05) is 0 Å². The molecule has 1 aliphatic rings. The van der Waals surface area contributed by atoms with Crippen molar-refractivity contribution in [1.29, 1.82) is 0 Å². The molecule has 1 saturated heterocycles. The summed E-state index contributed by atoms with van der Waals surface area (Å²) in [5.74, 6) is -0.112. The van der Waals surface area contributed by atoms with Gasteiger partial charge in [0.1, 0.15) is 17.4 Å². The van der Waals surface area contributed by atoms with Crippen molar-refractivity contribution in [2.45, 2.75) is 97.7 Å². The molecule has 32 heavy (non-hydrogen) atoms. The van der Waals surface area contributed by atoms with Gasteiger partial charge in [-0.2, -0.15) is 0 Å². The summed E-state index contributed by atoms with van der Waals surface area (Å²) in [7, 11) is 0.741. The Hall–Kier alpha value is -1.84. The Labute approximate surface area is 191 Å². The van der Waals surface area contributed by atoms with Gasteiger partial charge in [-0.15, -0.1) is 0 Å². The number of carbonyl (C=O) groups is 1. The van der Waals surface area contributed by atoms with Crippen LogP contribution in [0, 0.1) is 0 Å². The first-order chi connectivity index (χ1) is 14.6. The van der Waals surface area contributed by atoms with E-state index in [1.54, 1.807) is 20.8 Å². The smallest absolute Gasteiger partial charge is 0.496 e. The molecule has 2 rings (SSSR count). The molecule has 0 spiro atoms. The number of pyridine rings is 1. The van der Waals surface area contributed by atoms with Crippen LogP contribution in [0.15, 0.2) is 17.1 Å². The van der Waals surface area contributed by atoms with E-state index in [-0.39, 0.29) is 18.1 Å². The third-order valence-corrected chi connectivity index (χ3v) is 5.66. The fraction of sp³-hybridized carbons (Fsp3) is 0.739. The molecule has 1 fully saturated rings. The largest absolute Gasteiger partial charge is 0.498 e. The Morgan fingerprint density at radius 2 is 1.72 bits per heavy atom. The summed E-state index contributed by atoms with van der Waals surface area (Å²) >= 11 is 0. The topological polar surface area (TPSA) is 85.2 Å². The Kier molecular flexibility index (Phi) is 7.90. The summed E-state index contributed by atoms with van der Waals surface area (Å²) < 4.78 is 30.3. The molecule has 1 aliphatic heterocycles. The molecular formula is C23H38BNO7. The number of esters is 1. The lowest BCUT2D eigenvalue weighted by Crippen LogP contribution is -2.41. The normalized spacial score (nSPS) is 18.7. The summed E-state index contributed by atoms with van der Waals surface area (Å²) in [6.07, 6.45) is 1.81. The second-order valence-corrected chi connectivity index (χ2v) is 10.4. The van der Waals surface area contributed by atoms with Gasteiger partial charge in [0.2, 0.25) is 0 Å². The van der Waals surface area contributed by atoms with E-state index >= 15 is 0 Å². The van der Waals surface area contributed by atoms with Crippen molar-refractivity contribution in [1.82, 2.24) is 4.57 Å². The van der Waals surface area contributed by atoms with Gasteiger partial charge in [0.25, 0.3) is 5.56 Å². The molecule has 0 saturated carbocycles. The zero-order valence-corrected chi connectivity index (χ0v) is 21.1. The lowest BCUT2D eigenvalue weighted by Gasteiger charge is -2.32. The molecule has 0 aliphatic carbocycles. The number of rotatable bonds is 8. The number of nitrogens with zero attached hydrogens (tertiary/aromatic N) is 1. The first-order valence-corrected chi connectivity index (χ1v) is 11.1. The van der Waals surface area contributed by atoms with Crippen LogP contribution in [-0.4, -0.2) is 54.3 Å². The monoisotopic (exact) mass is 451 g/mol. The summed E-state index contributed by atoms with van der Waals surface area (Å²) in [6.45, 7) is 17.2. The summed E-state index contributed by atoms with van der Waals surface area (Å²) in [5, 5.41) is 0. The molecule has 1 atom stereocenters. The van der Waals surface area contributed by atoms with Crippen molar-refractivity contribution in [2.75, 3.05) is 13.7 Å². The van der Waals surface area contributed by atoms with E-state index in [1.807, 2.05) is 41.5 Å². The Morgan fingerprint density at radius 3 is 2.19 bits per heavy atom. The highest BCUT2D eigenvalue weighted by molar-refractivity contribution is 6.63. The lowest BCUT2D eigenvalue weighted by molar-refractivity contribution is -0.160. The molecule has 2 heterocycles. The summed E-state index contributed by atoms with van der Waals surface area (Å²) in [4.78, 5) is 26.1. The van der Waals surface area contributed by atoms with E-state index in [4.69, 9.17) is 23.5 Å². The maximum Gasteiger partial charge on any atom is 0.498 e. The van der Waals surface area contributed by atoms with Crippen LogP contribution in [0.4, 0.5) is 0 Å². The highest BCUT2D eigenvalue weighted by Crippen LogP contribution is 2.37. The van der Waals surface area contributed by atoms with E-state index in [9.17, 15) is 9.59 Å². The molecule has 8 nitrogen and oxygen atoms in total. The third-order valence-electron chi connectivity index (χ3n) is 5.66. The lowest BCUT2D eigenvalue weighted by atomic mass is 9.79. The number of aromatic nitrogens is 1. The first-order valence-electron chi connectivity index (χ1n) is 11.1. The fourth-order valence-electron chi connectivity index (χ4n) is 3.27. The van der Waals surface area contributed by atoms with Crippen LogP contribution in [0.2, 0.25) is 0 Å². The van der Waals surface area contributed by atoms with Crippen molar-refractivity contribution in [3.63, 3.8) is 0 Å². The van der Waals surface area contributed by atoms with Crippen LogP contribution in [0.25, 0.3) is 0 Å². The highest BCUT2D eigenvalue weighted by Gasteiger charge is 2.52.